The van der Waals surface area contributed by atoms with Gasteiger partial charge in [0.25, 0.3) is 5.69 Å². The molecule has 0 spiro atoms. The van der Waals surface area contributed by atoms with Gasteiger partial charge in [-0.2, -0.15) is 13.2 Å². The van der Waals surface area contributed by atoms with E-state index in [1.54, 1.807) is 12.1 Å². The normalized spacial score (nSPS) is 20.7. The van der Waals surface area contributed by atoms with Crippen LogP contribution in [0.15, 0.2) is 40.8 Å². The number of hydrogen-bond donors (Lipinski definition) is 1. The number of rotatable bonds is 5. The maximum Gasteiger partial charge on any atom is 0.393 e. The zero-order valence-electron chi connectivity index (χ0n) is 13.8. The first-order valence-electron chi connectivity index (χ1n) is 8.00. The lowest BCUT2D eigenvalue weighted by molar-refractivity contribution is -0.384. The average Bonchev–Trinajstić information content (AvgIpc) is 3.22. The first-order valence-corrected chi connectivity index (χ1v) is 8.00. The molecule has 3 rings (SSSR count). The number of likely N-dealkylation sites (tertiary alicyclic amines) is 1. The molecule has 1 saturated heterocycles. The van der Waals surface area contributed by atoms with Crippen molar-refractivity contribution < 1.29 is 32.4 Å². The van der Waals surface area contributed by atoms with Gasteiger partial charge in [-0.3, -0.25) is 19.8 Å². The summed E-state index contributed by atoms with van der Waals surface area (Å²) < 4.78 is 44.7. The lowest BCUT2D eigenvalue weighted by Gasteiger charge is -2.18. The van der Waals surface area contributed by atoms with Crippen LogP contribution in [0.1, 0.15) is 5.76 Å². The van der Waals surface area contributed by atoms with Crippen molar-refractivity contribution in [2.24, 2.45) is 11.8 Å². The summed E-state index contributed by atoms with van der Waals surface area (Å²) in [5.74, 6) is -4.09. The van der Waals surface area contributed by atoms with Crippen molar-refractivity contribution in [1.29, 1.82) is 0 Å². The molecule has 2 atom stereocenters. The van der Waals surface area contributed by atoms with Crippen LogP contribution in [0.4, 0.5) is 18.9 Å². The van der Waals surface area contributed by atoms with Crippen molar-refractivity contribution >= 4 is 11.7 Å². The quantitative estimate of drug-likeness (QED) is 0.626. The van der Waals surface area contributed by atoms with E-state index in [4.69, 9.17) is 9.52 Å². The molecule has 2 aromatic rings. The molecule has 0 aliphatic carbocycles. The van der Waals surface area contributed by atoms with Crippen LogP contribution in [0.2, 0.25) is 0 Å². The number of nitro groups is 1. The monoisotopic (exact) mass is 384 g/mol. The fraction of sp³-hybridized carbons (Fsp3) is 0.353. The number of furan rings is 1. The number of nitrogens with zero attached hydrogens (tertiary/aromatic N) is 2. The third kappa shape index (κ3) is 4.11. The zero-order valence-corrected chi connectivity index (χ0v) is 13.8. The minimum Gasteiger partial charge on any atom is -0.481 e. The van der Waals surface area contributed by atoms with Gasteiger partial charge in [-0.1, -0.05) is 0 Å². The lowest BCUT2D eigenvalue weighted by atomic mass is 9.96. The van der Waals surface area contributed by atoms with Crippen LogP contribution in [0.5, 0.6) is 0 Å². The molecule has 0 amide bonds. The second-order valence-corrected chi connectivity index (χ2v) is 6.36. The summed E-state index contributed by atoms with van der Waals surface area (Å²) >= 11 is 0. The summed E-state index contributed by atoms with van der Waals surface area (Å²) in [5.41, 5.74) is 0.519. The summed E-state index contributed by atoms with van der Waals surface area (Å²) in [7, 11) is 0. The summed E-state index contributed by atoms with van der Waals surface area (Å²) in [6.07, 6.45) is -4.58. The van der Waals surface area contributed by atoms with E-state index in [0.717, 1.165) is 0 Å². The van der Waals surface area contributed by atoms with E-state index in [0.29, 0.717) is 17.1 Å². The van der Waals surface area contributed by atoms with Crippen LogP contribution in [0.25, 0.3) is 11.3 Å². The molecule has 1 aliphatic rings. The van der Waals surface area contributed by atoms with Crippen LogP contribution < -0.4 is 0 Å². The Hall–Kier alpha value is -2.88. The van der Waals surface area contributed by atoms with Crippen molar-refractivity contribution in [3.8, 4) is 11.3 Å². The highest BCUT2D eigenvalue weighted by molar-refractivity contribution is 5.71. The fourth-order valence-electron chi connectivity index (χ4n) is 3.18. The van der Waals surface area contributed by atoms with E-state index >= 15 is 0 Å². The zero-order chi connectivity index (χ0) is 19.8. The molecule has 1 aromatic heterocycles. The van der Waals surface area contributed by atoms with Gasteiger partial charge in [0.1, 0.15) is 11.5 Å². The number of non-ortho nitro benzene ring substituents is 1. The van der Waals surface area contributed by atoms with Gasteiger partial charge in [-0.05, 0) is 24.3 Å². The SMILES string of the molecule is O=C(O)[C@@H]1CN(Cc2ccc(-c3ccc([N+](=O)[O-])cc3)o2)C[C@H]1C(F)(F)F. The summed E-state index contributed by atoms with van der Waals surface area (Å²) in [6, 6.07) is 8.87. The molecular weight excluding hydrogens is 369 g/mol. The maximum absolute atomic E-state index is 13.0. The molecule has 1 aromatic carbocycles. The predicted octanol–water partition coefficient (Wildman–Crippen LogP) is 3.55. The smallest absolute Gasteiger partial charge is 0.393 e. The van der Waals surface area contributed by atoms with Gasteiger partial charge in [-0.15, -0.1) is 0 Å². The number of alkyl halides is 3. The van der Waals surface area contributed by atoms with Crippen molar-refractivity contribution in [2.45, 2.75) is 12.7 Å². The van der Waals surface area contributed by atoms with Crippen molar-refractivity contribution in [2.75, 3.05) is 13.1 Å². The predicted molar refractivity (Wildman–Crippen MR) is 86.7 cm³/mol. The largest absolute Gasteiger partial charge is 0.481 e. The number of halogens is 3. The number of nitro benzene ring substituents is 1. The molecule has 10 heteroatoms. The molecule has 0 saturated carbocycles. The molecule has 0 bridgehead atoms. The van der Waals surface area contributed by atoms with E-state index in [9.17, 15) is 28.1 Å². The average molecular weight is 384 g/mol. The van der Waals surface area contributed by atoms with Crippen molar-refractivity contribution in [3.05, 3.63) is 52.3 Å². The number of hydrogen-bond acceptors (Lipinski definition) is 5. The summed E-state index contributed by atoms with van der Waals surface area (Å²) in [6.45, 7) is -0.579. The number of aliphatic carboxylic acids is 1. The highest BCUT2D eigenvalue weighted by atomic mass is 19.4. The molecule has 7 nitrogen and oxygen atoms in total. The van der Waals surface area contributed by atoms with Gasteiger partial charge >= 0.3 is 12.1 Å². The van der Waals surface area contributed by atoms with E-state index in [1.807, 2.05) is 0 Å². The molecule has 144 valence electrons. The Balaban J connectivity index is 1.71. The Morgan fingerprint density at radius 1 is 1.22 bits per heavy atom. The van der Waals surface area contributed by atoms with Crippen LogP contribution in [0, 0.1) is 22.0 Å². The number of carboxylic acids is 1. The van der Waals surface area contributed by atoms with E-state index < -0.39 is 35.4 Å². The highest BCUT2D eigenvalue weighted by Crippen LogP contribution is 2.38. The van der Waals surface area contributed by atoms with Gasteiger partial charge < -0.3 is 9.52 Å². The van der Waals surface area contributed by atoms with E-state index in [2.05, 4.69) is 0 Å². The standard InChI is InChI=1S/C17H15F3N2O5/c18-17(19,20)14-9-21(8-13(14)16(23)24)7-12-5-6-15(27-12)10-1-3-11(4-2-10)22(25)26/h1-6,13-14H,7-9H2,(H,23,24)/t13-,14-/m1/s1. The van der Waals surface area contributed by atoms with Crippen LogP contribution in [-0.2, 0) is 11.3 Å². The van der Waals surface area contributed by atoms with Gasteiger partial charge in [0.2, 0.25) is 0 Å². The third-order valence-corrected chi connectivity index (χ3v) is 4.54. The van der Waals surface area contributed by atoms with Gasteiger partial charge in [0.15, 0.2) is 0 Å². The number of benzene rings is 1. The molecule has 1 N–H and O–H groups in total. The maximum atomic E-state index is 13.0. The Labute approximate surface area is 151 Å². The molecule has 2 heterocycles. The van der Waals surface area contributed by atoms with Gasteiger partial charge in [-0.25, -0.2) is 0 Å². The first kappa shape index (κ1) is 18.9. The topological polar surface area (TPSA) is 96.8 Å². The second-order valence-electron chi connectivity index (χ2n) is 6.36. The molecule has 1 aliphatic heterocycles. The second kappa shape index (κ2) is 7.03. The van der Waals surface area contributed by atoms with Crippen LogP contribution in [-0.4, -0.2) is 40.2 Å². The Kier molecular flexibility index (Phi) is 4.92. The van der Waals surface area contributed by atoms with Crippen molar-refractivity contribution in [3.63, 3.8) is 0 Å². The Morgan fingerprint density at radius 3 is 2.41 bits per heavy atom. The molecular formula is C17H15F3N2O5. The van der Waals surface area contributed by atoms with Gasteiger partial charge in [0.05, 0.1) is 23.3 Å². The number of carbonyl (C=O) groups is 1. The van der Waals surface area contributed by atoms with E-state index in [1.165, 1.54) is 29.2 Å². The summed E-state index contributed by atoms with van der Waals surface area (Å²) in [5, 5.41) is 19.7. The van der Waals surface area contributed by atoms with Crippen LogP contribution >= 0.6 is 0 Å². The fourth-order valence-corrected chi connectivity index (χ4v) is 3.18. The Bertz CT molecular complexity index is 847. The molecule has 27 heavy (non-hydrogen) atoms. The van der Waals surface area contributed by atoms with Gasteiger partial charge in [0, 0.05) is 30.8 Å². The molecule has 1 fully saturated rings. The third-order valence-electron chi connectivity index (χ3n) is 4.54. The van der Waals surface area contributed by atoms with Crippen LogP contribution in [0.3, 0.4) is 0 Å². The molecule has 0 unspecified atom stereocenters. The number of carboxylic acid groups (broad SMARTS) is 1. The summed E-state index contributed by atoms with van der Waals surface area (Å²) in [4.78, 5) is 22.7. The van der Waals surface area contributed by atoms with E-state index in [-0.39, 0.29) is 18.8 Å². The Morgan fingerprint density at radius 2 is 1.89 bits per heavy atom. The lowest BCUT2D eigenvalue weighted by Crippen LogP contribution is -2.33. The molecule has 0 radical (unpaired) electrons. The first-order chi connectivity index (χ1) is 12.6. The van der Waals surface area contributed by atoms with Crippen molar-refractivity contribution in [1.82, 2.24) is 4.90 Å². The minimum atomic E-state index is -4.58. The highest BCUT2D eigenvalue weighted by Gasteiger charge is 2.52. The minimum absolute atomic E-state index is 0.0450.